The Balaban J connectivity index is 1.22. The van der Waals surface area contributed by atoms with Crippen molar-refractivity contribution in [2.45, 2.75) is 19.8 Å². The molecule has 0 spiro atoms. The third kappa shape index (κ3) is 6.09. The topological polar surface area (TPSA) is 110 Å². The average molecular weight is 450 g/mol. The van der Waals surface area contributed by atoms with Gasteiger partial charge in [-0.2, -0.15) is 0 Å². The summed E-state index contributed by atoms with van der Waals surface area (Å²) in [7, 11) is 0. The van der Waals surface area contributed by atoms with Crippen molar-refractivity contribution in [3.05, 3.63) is 54.8 Å². The molecule has 1 aliphatic rings. The second kappa shape index (κ2) is 10.6. The summed E-state index contributed by atoms with van der Waals surface area (Å²) in [5.74, 6) is 2.06. The van der Waals surface area contributed by atoms with Gasteiger partial charge in [-0.3, -0.25) is 9.59 Å². The van der Waals surface area contributed by atoms with Gasteiger partial charge in [0.05, 0.1) is 12.8 Å². The second-order valence-corrected chi connectivity index (χ2v) is 7.86. The predicted octanol–water partition coefficient (Wildman–Crippen LogP) is 3.11. The van der Waals surface area contributed by atoms with E-state index in [0.29, 0.717) is 30.4 Å². The van der Waals surface area contributed by atoms with Crippen LogP contribution in [-0.2, 0) is 9.59 Å². The Labute approximate surface area is 192 Å². The zero-order chi connectivity index (χ0) is 23.0. The van der Waals surface area contributed by atoms with Crippen LogP contribution in [0.2, 0.25) is 0 Å². The van der Waals surface area contributed by atoms with Crippen molar-refractivity contribution in [2.24, 2.45) is 5.92 Å². The number of aromatic nitrogens is 2. The molecule has 1 aliphatic heterocycles. The summed E-state index contributed by atoms with van der Waals surface area (Å²) in [4.78, 5) is 25.7. The number of ether oxygens (including phenoxy) is 1. The number of hydrogen-bond donors (Lipinski definition) is 2. The van der Waals surface area contributed by atoms with E-state index in [-0.39, 0.29) is 17.7 Å². The number of furan rings is 1. The molecule has 9 nitrogen and oxygen atoms in total. The third-order valence-electron chi connectivity index (χ3n) is 5.48. The van der Waals surface area contributed by atoms with Crippen molar-refractivity contribution >= 4 is 23.3 Å². The molecule has 0 saturated carbocycles. The summed E-state index contributed by atoms with van der Waals surface area (Å²) >= 11 is 0. The molecule has 1 saturated heterocycles. The van der Waals surface area contributed by atoms with Crippen molar-refractivity contribution < 1.29 is 18.7 Å². The molecule has 1 aromatic carbocycles. The summed E-state index contributed by atoms with van der Waals surface area (Å²) in [6.45, 7) is 3.80. The smallest absolute Gasteiger partial charge is 0.227 e. The van der Waals surface area contributed by atoms with Gasteiger partial charge in [0.2, 0.25) is 11.8 Å². The molecule has 0 aliphatic carbocycles. The predicted molar refractivity (Wildman–Crippen MR) is 124 cm³/mol. The fraction of sp³-hybridized carbons (Fsp3) is 0.333. The molecular weight excluding hydrogens is 422 g/mol. The van der Waals surface area contributed by atoms with Gasteiger partial charge in [-0.05, 0) is 61.4 Å². The Morgan fingerprint density at radius 3 is 2.52 bits per heavy atom. The standard InChI is InChI=1S/C24H27N5O4/c1-17(30)25-12-16-32-20-6-4-19(5-7-20)26-24(31)18-10-13-29(14-11-18)23-9-8-21(27-28-23)22-3-2-15-33-22/h2-9,15,18H,10-14,16H2,1H3,(H,25,30)(H,26,31). The summed E-state index contributed by atoms with van der Waals surface area (Å²) in [6, 6.07) is 14.7. The highest BCUT2D eigenvalue weighted by molar-refractivity contribution is 5.92. The quantitative estimate of drug-likeness (QED) is 0.509. The van der Waals surface area contributed by atoms with Gasteiger partial charge >= 0.3 is 0 Å². The minimum absolute atomic E-state index is 0.0215. The number of nitrogens with one attached hydrogen (secondary N) is 2. The van der Waals surface area contributed by atoms with E-state index in [1.165, 1.54) is 6.92 Å². The van der Waals surface area contributed by atoms with Crippen LogP contribution >= 0.6 is 0 Å². The van der Waals surface area contributed by atoms with Gasteiger partial charge in [-0.15, -0.1) is 10.2 Å². The Morgan fingerprint density at radius 1 is 1.09 bits per heavy atom. The first-order chi connectivity index (χ1) is 16.1. The minimum atomic E-state index is -0.0848. The molecule has 3 aromatic rings. The molecule has 0 unspecified atom stereocenters. The van der Waals surface area contributed by atoms with Crippen molar-refractivity contribution in [1.29, 1.82) is 0 Å². The SMILES string of the molecule is CC(=O)NCCOc1ccc(NC(=O)C2CCN(c3ccc(-c4ccco4)nn3)CC2)cc1. The first kappa shape index (κ1) is 22.3. The molecule has 1 fully saturated rings. The number of carbonyl (C=O) groups excluding carboxylic acids is 2. The largest absolute Gasteiger partial charge is 0.492 e. The lowest BCUT2D eigenvalue weighted by Crippen LogP contribution is -2.38. The highest BCUT2D eigenvalue weighted by atomic mass is 16.5. The van der Waals surface area contributed by atoms with Crippen LogP contribution in [0.25, 0.3) is 11.5 Å². The maximum atomic E-state index is 12.7. The van der Waals surface area contributed by atoms with Gasteiger partial charge in [0.15, 0.2) is 11.6 Å². The molecule has 2 aromatic heterocycles. The molecule has 172 valence electrons. The molecule has 0 atom stereocenters. The van der Waals surface area contributed by atoms with Crippen molar-refractivity contribution in [3.8, 4) is 17.2 Å². The van der Waals surface area contributed by atoms with Crippen molar-refractivity contribution in [3.63, 3.8) is 0 Å². The van der Waals surface area contributed by atoms with Crippen LogP contribution in [0.15, 0.2) is 59.2 Å². The van der Waals surface area contributed by atoms with Gasteiger partial charge in [0.1, 0.15) is 18.1 Å². The van der Waals surface area contributed by atoms with E-state index in [1.54, 1.807) is 18.4 Å². The summed E-state index contributed by atoms with van der Waals surface area (Å²) in [5, 5.41) is 14.2. The molecular formula is C24H27N5O4. The van der Waals surface area contributed by atoms with E-state index < -0.39 is 0 Å². The van der Waals surface area contributed by atoms with Crippen LogP contribution in [0.5, 0.6) is 5.75 Å². The molecule has 2 amide bonds. The minimum Gasteiger partial charge on any atom is -0.492 e. The van der Waals surface area contributed by atoms with Crippen LogP contribution in [0.3, 0.4) is 0 Å². The van der Waals surface area contributed by atoms with Gasteiger partial charge in [-0.25, -0.2) is 0 Å². The monoisotopic (exact) mass is 449 g/mol. The molecule has 0 bridgehead atoms. The molecule has 9 heteroatoms. The van der Waals surface area contributed by atoms with Gasteiger partial charge in [0, 0.05) is 31.6 Å². The van der Waals surface area contributed by atoms with Gasteiger partial charge in [0.25, 0.3) is 0 Å². The lowest BCUT2D eigenvalue weighted by atomic mass is 9.96. The van der Waals surface area contributed by atoms with E-state index >= 15 is 0 Å². The van der Waals surface area contributed by atoms with Crippen molar-refractivity contribution in [2.75, 3.05) is 36.5 Å². The van der Waals surface area contributed by atoms with Crippen LogP contribution in [0.1, 0.15) is 19.8 Å². The summed E-state index contributed by atoms with van der Waals surface area (Å²) in [5.41, 5.74) is 1.43. The van der Waals surface area contributed by atoms with Crippen LogP contribution in [0.4, 0.5) is 11.5 Å². The number of anilines is 2. The van der Waals surface area contributed by atoms with E-state index in [2.05, 4.69) is 25.7 Å². The molecule has 33 heavy (non-hydrogen) atoms. The number of carbonyl (C=O) groups is 2. The molecule has 3 heterocycles. The van der Waals surface area contributed by atoms with E-state index in [9.17, 15) is 9.59 Å². The number of nitrogens with zero attached hydrogens (tertiary/aromatic N) is 3. The van der Waals surface area contributed by atoms with Crippen molar-refractivity contribution in [1.82, 2.24) is 15.5 Å². The Hall–Kier alpha value is -3.88. The average Bonchev–Trinajstić information content (AvgIpc) is 3.38. The number of benzene rings is 1. The maximum absolute atomic E-state index is 12.7. The number of piperidine rings is 1. The van der Waals surface area contributed by atoms with Crippen LogP contribution in [-0.4, -0.2) is 48.3 Å². The number of amides is 2. The van der Waals surface area contributed by atoms with E-state index in [4.69, 9.17) is 9.15 Å². The first-order valence-electron chi connectivity index (χ1n) is 11.0. The Bertz CT molecular complexity index is 1040. The van der Waals surface area contributed by atoms with E-state index in [1.807, 2.05) is 36.4 Å². The second-order valence-electron chi connectivity index (χ2n) is 7.86. The van der Waals surface area contributed by atoms with Crippen LogP contribution < -0.4 is 20.3 Å². The van der Waals surface area contributed by atoms with Gasteiger partial charge in [-0.1, -0.05) is 0 Å². The Morgan fingerprint density at radius 2 is 1.88 bits per heavy atom. The van der Waals surface area contributed by atoms with Gasteiger partial charge < -0.3 is 24.7 Å². The highest BCUT2D eigenvalue weighted by Gasteiger charge is 2.26. The summed E-state index contributed by atoms with van der Waals surface area (Å²) in [6.07, 6.45) is 3.11. The maximum Gasteiger partial charge on any atom is 0.227 e. The summed E-state index contributed by atoms with van der Waals surface area (Å²) < 4.78 is 10.9. The number of hydrogen-bond acceptors (Lipinski definition) is 7. The third-order valence-corrected chi connectivity index (χ3v) is 5.48. The Kier molecular flexibility index (Phi) is 7.19. The first-order valence-corrected chi connectivity index (χ1v) is 11.0. The normalized spacial score (nSPS) is 14.0. The van der Waals surface area contributed by atoms with E-state index in [0.717, 1.165) is 37.4 Å². The molecule has 0 radical (unpaired) electrons. The number of rotatable bonds is 8. The highest BCUT2D eigenvalue weighted by Crippen LogP contribution is 2.25. The fourth-order valence-electron chi connectivity index (χ4n) is 3.70. The zero-order valence-electron chi connectivity index (χ0n) is 18.5. The lowest BCUT2D eigenvalue weighted by molar-refractivity contribution is -0.120. The lowest BCUT2D eigenvalue weighted by Gasteiger charge is -2.31. The molecule has 2 N–H and O–H groups in total. The fourth-order valence-corrected chi connectivity index (χ4v) is 3.70. The zero-order valence-corrected chi connectivity index (χ0v) is 18.5. The molecule has 4 rings (SSSR count). The van der Waals surface area contributed by atoms with Crippen LogP contribution in [0, 0.1) is 5.92 Å².